The van der Waals surface area contributed by atoms with Crippen molar-refractivity contribution in [2.24, 2.45) is 5.92 Å². The van der Waals surface area contributed by atoms with E-state index < -0.39 is 9.84 Å². The molecule has 2 saturated heterocycles. The van der Waals surface area contributed by atoms with Gasteiger partial charge in [0.25, 0.3) is 0 Å². The van der Waals surface area contributed by atoms with E-state index in [4.69, 9.17) is 0 Å². The van der Waals surface area contributed by atoms with E-state index in [-0.39, 0.29) is 23.6 Å². The standard InChI is InChI=1S/C14H21N3O3S2/c1-10-8-21-14(15-10)16-13(18)11-2-5-17(6-3-11)12-4-7-22(19,20)9-12/h8,11-12H,2-7,9H2,1H3,(H,15,16,18)/t12-/m1/s1. The highest BCUT2D eigenvalue weighted by molar-refractivity contribution is 7.91. The van der Waals surface area contributed by atoms with Crippen LogP contribution in [0.25, 0.3) is 0 Å². The van der Waals surface area contributed by atoms with Gasteiger partial charge in [-0.25, -0.2) is 13.4 Å². The molecule has 6 nitrogen and oxygen atoms in total. The smallest absolute Gasteiger partial charge is 0.229 e. The van der Waals surface area contributed by atoms with E-state index in [1.807, 2.05) is 12.3 Å². The van der Waals surface area contributed by atoms with Gasteiger partial charge in [-0.2, -0.15) is 0 Å². The summed E-state index contributed by atoms with van der Waals surface area (Å²) in [5.41, 5.74) is 0.914. The first-order chi connectivity index (χ1) is 10.4. The molecule has 3 heterocycles. The zero-order chi connectivity index (χ0) is 15.7. The van der Waals surface area contributed by atoms with E-state index in [1.165, 1.54) is 11.3 Å². The molecular weight excluding hydrogens is 322 g/mol. The summed E-state index contributed by atoms with van der Waals surface area (Å²) in [6, 6.07) is 0.149. The van der Waals surface area contributed by atoms with E-state index in [2.05, 4.69) is 15.2 Å². The number of nitrogens with zero attached hydrogens (tertiary/aromatic N) is 2. The number of hydrogen-bond donors (Lipinski definition) is 1. The first-order valence-electron chi connectivity index (χ1n) is 7.60. The molecule has 1 aromatic heterocycles. The molecular formula is C14H21N3O3S2. The largest absolute Gasteiger partial charge is 0.302 e. The van der Waals surface area contributed by atoms with Gasteiger partial charge in [0.15, 0.2) is 15.0 Å². The molecule has 0 bridgehead atoms. The highest BCUT2D eigenvalue weighted by Crippen LogP contribution is 2.25. The number of carbonyl (C=O) groups excluding carboxylic acids is 1. The minimum absolute atomic E-state index is 0.00142. The van der Waals surface area contributed by atoms with Crippen molar-refractivity contribution in [1.29, 1.82) is 0 Å². The molecule has 0 aromatic carbocycles. The fraction of sp³-hybridized carbons (Fsp3) is 0.714. The summed E-state index contributed by atoms with van der Waals surface area (Å²) in [6.07, 6.45) is 2.30. The van der Waals surface area contributed by atoms with Crippen molar-refractivity contribution >= 4 is 32.2 Å². The Morgan fingerprint density at radius 1 is 1.36 bits per heavy atom. The van der Waals surface area contributed by atoms with Crippen LogP contribution in [0.2, 0.25) is 0 Å². The van der Waals surface area contributed by atoms with Crippen LogP contribution in [-0.4, -0.2) is 54.8 Å². The Morgan fingerprint density at radius 2 is 2.09 bits per heavy atom. The summed E-state index contributed by atoms with van der Waals surface area (Å²) in [7, 11) is -2.84. The molecule has 2 fully saturated rings. The molecule has 0 spiro atoms. The maximum Gasteiger partial charge on any atom is 0.229 e. The number of likely N-dealkylation sites (tertiary alicyclic amines) is 1. The normalized spacial score (nSPS) is 26.1. The molecule has 2 aliphatic rings. The Morgan fingerprint density at radius 3 is 2.64 bits per heavy atom. The average Bonchev–Trinajstić information content (AvgIpc) is 3.04. The Balaban J connectivity index is 1.50. The van der Waals surface area contributed by atoms with Gasteiger partial charge in [0.1, 0.15) is 0 Å². The van der Waals surface area contributed by atoms with Gasteiger partial charge in [0.05, 0.1) is 17.2 Å². The molecule has 1 aromatic rings. The molecule has 3 rings (SSSR count). The molecule has 0 saturated carbocycles. The lowest BCUT2D eigenvalue weighted by molar-refractivity contribution is -0.121. The van der Waals surface area contributed by atoms with Gasteiger partial charge in [-0.15, -0.1) is 11.3 Å². The summed E-state index contributed by atoms with van der Waals surface area (Å²) in [5.74, 6) is 0.621. The van der Waals surface area contributed by atoms with E-state index in [1.54, 1.807) is 0 Å². The van der Waals surface area contributed by atoms with Crippen molar-refractivity contribution in [3.63, 3.8) is 0 Å². The summed E-state index contributed by atoms with van der Waals surface area (Å²) in [5, 5.41) is 5.46. The molecule has 22 heavy (non-hydrogen) atoms. The quantitative estimate of drug-likeness (QED) is 0.894. The predicted molar refractivity (Wildman–Crippen MR) is 86.8 cm³/mol. The van der Waals surface area contributed by atoms with Crippen LogP contribution in [0, 0.1) is 12.8 Å². The number of hydrogen-bond acceptors (Lipinski definition) is 6. The van der Waals surface area contributed by atoms with Gasteiger partial charge in [0.2, 0.25) is 5.91 Å². The number of piperidine rings is 1. The third-order valence-electron chi connectivity index (χ3n) is 4.47. The van der Waals surface area contributed by atoms with E-state index >= 15 is 0 Å². The zero-order valence-corrected chi connectivity index (χ0v) is 14.3. The van der Waals surface area contributed by atoms with Gasteiger partial charge < -0.3 is 5.32 Å². The highest BCUT2D eigenvalue weighted by atomic mass is 32.2. The summed E-state index contributed by atoms with van der Waals surface area (Å²) >= 11 is 1.44. The van der Waals surface area contributed by atoms with Crippen molar-refractivity contribution in [3.05, 3.63) is 11.1 Å². The molecule has 0 radical (unpaired) electrons. The lowest BCUT2D eigenvalue weighted by Gasteiger charge is -2.34. The second-order valence-corrected chi connectivity index (χ2v) is 9.24. The van der Waals surface area contributed by atoms with Crippen LogP contribution in [0.5, 0.6) is 0 Å². The van der Waals surface area contributed by atoms with Crippen molar-refractivity contribution in [3.8, 4) is 0 Å². The van der Waals surface area contributed by atoms with Crippen LogP contribution in [-0.2, 0) is 14.6 Å². The van der Waals surface area contributed by atoms with Gasteiger partial charge >= 0.3 is 0 Å². The van der Waals surface area contributed by atoms with Gasteiger partial charge in [-0.3, -0.25) is 9.69 Å². The Hall–Kier alpha value is -0.990. The summed E-state index contributed by atoms with van der Waals surface area (Å²) in [6.45, 7) is 3.50. The number of anilines is 1. The molecule has 0 aliphatic carbocycles. The number of rotatable bonds is 3. The second kappa shape index (κ2) is 6.25. The van der Waals surface area contributed by atoms with Gasteiger partial charge in [-0.05, 0) is 39.3 Å². The van der Waals surface area contributed by atoms with E-state index in [0.717, 1.165) is 38.0 Å². The fourth-order valence-electron chi connectivity index (χ4n) is 3.21. The second-order valence-electron chi connectivity index (χ2n) is 6.15. The molecule has 1 atom stereocenters. The van der Waals surface area contributed by atoms with Crippen LogP contribution >= 0.6 is 11.3 Å². The number of aryl methyl sites for hydroxylation is 1. The molecule has 2 aliphatic heterocycles. The maximum atomic E-state index is 12.2. The van der Waals surface area contributed by atoms with Crippen molar-refractivity contribution in [2.45, 2.75) is 32.2 Å². The first kappa shape index (κ1) is 15.9. The SMILES string of the molecule is Cc1csc(NC(=O)C2CCN([C@@H]3CCS(=O)(=O)C3)CC2)n1. The minimum Gasteiger partial charge on any atom is -0.302 e. The first-order valence-corrected chi connectivity index (χ1v) is 10.3. The Labute approximate surface area is 134 Å². The number of thiazole rings is 1. The third-order valence-corrected chi connectivity index (χ3v) is 7.10. The van der Waals surface area contributed by atoms with Crippen molar-refractivity contribution in [2.75, 3.05) is 29.9 Å². The van der Waals surface area contributed by atoms with Gasteiger partial charge in [0, 0.05) is 17.3 Å². The fourth-order valence-corrected chi connectivity index (χ4v) is 5.66. The minimum atomic E-state index is -2.84. The van der Waals surface area contributed by atoms with Crippen LogP contribution in [0.3, 0.4) is 0 Å². The molecule has 8 heteroatoms. The lowest BCUT2D eigenvalue weighted by Crippen LogP contribution is -2.44. The van der Waals surface area contributed by atoms with E-state index in [9.17, 15) is 13.2 Å². The summed E-state index contributed by atoms with van der Waals surface area (Å²) < 4.78 is 23.1. The zero-order valence-electron chi connectivity index (χ0n) is 12.6. The van der Waals surface area contributed by atoms with Crippen molar-refractivity contribution < 1.29 is 13.2 Å². The molecule has 1 amide bonds. The predicted octanol–water partition coefficient (Wildman–Crippen LogP) is 1.29. The van der Waals surface area contributed by atoms with Crippen molar-refractivity contribution in [1.82, 2.24) is 9.88 Å². The molecule has 0 unspecified atom stereocenters. The molecule has 1 N–H and O–H groups in total. The lowest BCUT2D eigenvalue weighted by atomic mass is 9.95. The summed E-state index contributed by atoms with van der Waals surface area (Å²) in [4.78, 5) is 18.7. The number of amides is 1. The molecule has 122 valence electrons. The highest BCUT2D eigenvalue weighted by Gasteiger charge is 2.35. The number of nitrogens with one attached hydrogen (secondary N) is 1. The number of aromatic nitrogens is 1. The number of sulfone groups is 1. The number of carbonyl (C=O) groups is 1. The monoisotopic (exact) mass is 343 g/mol. The van der Waals surface area contributed by atoms with Crippen LogP contribution in [0.1, 0.15) is 25.0 Å². The van der Waals surface area contributed by atoms with Crippen LogP contribution < -0.4 is 5.32 Å². The topological polar surface area (TPSA) is 79.4 Å². The maximum absolute atomic E-state index is 12.2. The van der Waals surface area contributed by atoms with Crippen LogP contribution in [0.4, 0.5) is 5.13 Å². The average molecular weight is 343 g/mol. The van der Waals surface area contributed by atoms with E-state index in [0.29, 0.717) is 10.9 Å². The van der Waals surface area contributed by atoms with Crippen LogP contribution in [0.15, 0.2) is 5.38 Å². The third kappa shape index (κ3) is 3.67. The van der Waals surface area contributed by atoms with Gasteiger partial charge in [-0.1, -0.05) is 0 Å². The Kier molecular flexibility index (Phi) is 4.52. The Bertz CT molecular complexity index is 648.